The quantitative estimate of drug-likeness (QED) is 0.490. The Morgan fingerprint density at radius 1 is 1.57 bits per heavy atom. The minimum absolute atomic E-state index is 0.123. The van der Waals surface area contributed by atoms with E-state index in [1.165, 1.54) is 0 Å². The van der Waals surface area contributed by atoms with Crippen LogP contribution in [0.2, 0.25) is 0 Å². The molecule has 1 amide bonds. The van der Waals surface area contributed by atoms with Crippen LogP contribution in [0.15, 0.2) is 37.0 Å². The first-order valence-corrected chi connectivity index (χ1v) is 5.01. The van der Waals surface area contributed by atoms with Gasteiger partial charge in [-0.15, -0.1) is 0 Å². The molecule has 0 unspecified atom stereocenters. The van der Waals surface area contributed by atoms with Crippen molar-refractivity contribution in [3.8, 4) is 0 Å². The van der Waals surface area contributed by atoms with Crippen molar-refractivity contribution in [2.75, 3.05) is 6.54 Å². The Hall–Kier alpha value is -1.31. The molecule has 0 aromatic carbocycles. The standard InChI is InChI=1S/C12H15NO/c1-3-9(2)8-13-11-6-4-10(5-7-11)12(13)14/h3-4,6,10-11H,1-2,5,7-8H2/t10-,11+/m0/s1. The molecule has 3 aliphatic rings. The molecule has 3 rings (SSSR count). The molecule has 14 heavy (non-hydrogen) atoms. The van der Waals surface area contributed by atoms with E-state index in [2.05, 4.69) is 19.2 Å². The van der Waals surface area contributed by atoms with Gasteiger partial charge in [0.1, 0.15) is 0 Å². The van der Waals surface area contributed by atoms with Crippen LogP contribution in [0.3, 0.4) is 0 Å². The lowest BCUT2D eigenvalue weighted by molar-refractivity contribution is -0.139. The van der Waals surface area contributed by atoms with Gasteiger partial charge in [0, 0.05) is 6.54 Å². The molecule has 2 nitrogen and oxygen atoms in total. The molecule has 0 saturated carbocycles. The summed E-state index contributed by atoms with van der Waals surface area (Å²) < 4.78 is 0. The minimum atomic E-state index is 0.123. The summed E-state index contributed by atoms with van der Waals surface area (Å²) >= 11 is 0. The Bertz CT molecular complexity index is 316. The Balaban J connectivity index is 2.13. The number of piperidine rings is 1. The monoisotopic (exact) mass is 189 g/mol. The summed E-state index contributed by atoms with van der Waals surface area (Å²) in [7, 11) is 0. The summed E-state index contributed by atoms with van der Waals surface area (Å²) in [6.07, 6.45) is 8.02. The molecule has 0 aromatic rings. The first-order valence-electron chi connectivity index (χ1n) is 5.01. The molecule has 2 heterocycles. The maximum absolute atomic E-state index is 11.8. The third kappa shape index (κ3) is 1.41. The van der Waals surface area contributed by atoms with Crippen molar-refractivity contribution in [2.45, 2.75) is 18.9 Å². The van der Waals surface area contributed by atoms with E-state index in [1.807, 2.05) is 11.0 Å². The Morgan fingerprint density at radius 2 is 2.36 bits per heavy atom. The van der Waals surface area contributed by atoms with Crippen molar-refractivity contribution in [2.24, 2.45) is 5.92 Å². The molecule has 1 saturated heterocycles. The van der Waals surface area contributed by atoms with Crippen molar-refractivity contribution in [3.05, 3.63) is 37.0 Å². The van der Waals surface area contributed by atoms with Crippen LogP contribution in [0.25, 0.3) is 0 Å². The summed E-state index contributed by atoms with van der Waals surface area (Å²) in [5.74, 6) is 0.379. The first kappa shape index (κ1) is 9.25. The molecule has 1 aliphatic carbocycles. The van der Waals surface area contributed by atoms with Crippen LogP contribution >= 0.6 is 0 Å². The average Bonchev–Trinajstić information content (AvgIpc) is 2.23. The Morgan fingerprint density at radius 3 is 2.86 bits per heavy atom. The second kappa shape index (κ2) is 3.45. The summed E-state index contributed by atoms with van der Waals surface area (Å²) in [5, 5.41) is 0. The van der Waals surface area contributed by atoms with Crippen LogP contribution < -0.4 is 0 Å². The van der Waals surface area contributed by atoms with Gasteiger partial charge in [-0.25, -0.2) is 0 Å². The molecule has 1 fully saturated rings. The van der Waals surface area contributed by atoms with Gasteiger partial charge >= 0.3 is 0 Å². The van der Waals surface area contributed by atoms with E-state index in [4.69, 9.17) is 0 Å². The van der Waals surface area contributed by atoms with Gasteiger partial charge in [-0.2, -0.15) is 0 Å². The van der Waals surface area contributed by atoms with E-state index in [-0.39, 0.29) is 11.8 Å². The average molecular weight is 189 g/mol. The van der Waals surface area contributed by atoms with Crippen LogP contribution in [-0.4, -0.2) is 23.4 Å². The van der Waals surface area contributed by atoms with Gasteiger partial charge in [-0.05, 0) is 18.4 Å². The molecule has 0 N–H and O–H groups in total. The smallest absolute Gasteiger partial charge is 0.230 e. The van der Waals surface area contributed by atoms with Gasteiger partial charge < -0.3 is 4.90 Å². The number of carbonyl (C=O) groups is 1. The van der Waals surface area contributed by atoms with Crippen molar-refractivity contribution < 1.29 is 4.79 Å². The summed E-state index contributed by atoms with van der Waals surface area (Å²) in [6.45, 7) is 8.14. The SMILES string of the molecule is C=CC(=C)CN1C(=O)[C@H]2C=C[C@@H]1CC2. The molecule has 2 heteroatoms. The van der Waals surface area contributed by atoms with Crippen molar-refractivity contribution in [1.82, 2.24) is 4.90 Å². The van der Waals surface area contributed by atoms with E-state index in [0.29, 0.717) is 12.6 Å². The lowest BCUT2D eigenvalue weighted by Gasteiger charge is -2.41. The number of nitrogens with zero attached hydrogens (tertiary/aromatic N) is 1. The van der Waals surface area contributed by atoms with Gasteiger partial charge in [0.05, 0.1) is 12.0 Å². The van der Waals surface area contributed by atoms with E-state index in [1.54, 1.807) is 6.08 Å². The number of carbonyl (C=O) groups excluding carboxylic acids is 1. The highest BCUT2D eigenvalue weighted by Gasteiger charge is 2.36. The maximum Gasteiger partial charge on any atom is 0.230 e. The van der Waals surface area contributed by atoms with Crippen LogP contribution in [0.1, 0.15) is 12.8 Å². The predicted molar refractivity (Wildman–Crippen MR) is 56.7 cm³/mol. The second-order valence-corrected chi connectivity index (χ2v) is 3.96. The highest BCUT2D eigenvalue weighted by molar-refractivity contribution is 5.83. The van der Waals surface area contributed by atoms with Gasteiger partial charge in [0.25, 0.3) is 0 Å². The van der Waals surface area contributed by atoms with E-state index in [9.17, 15) is 4.79 Å². The topological polar surface area (TPSA) is 20.3 Å². The van der Waals surface area contributed by atoms with Crippen molar-refractivity contribution >= 4 is 5.91 Å². The zero-order valence-corrected chi connectivity index (χ0v) is 8.28. The number of amides is 1. The largest absolute Gasteiger partial charge is 0.331 e. The van der Waals surface area contributed by atoms with Crippen LogP contribution in [0.4, 0.5) is 0 Å². The number of hydrogen-bond acceptors (Lipinski definition) is 1. The second-order valence-electron chi connectivity index (χ2n) is 3.96. The molecule has 0 spiro atoms. The summed E-state index contributed by atoms with van der Waals surface area (Å²) in [6, 6.07) is 0.296. The Labute approximate surface area is 84.6 Å². The predicted octanol–water partition coefficient (Wildman–Crippen LogP) is 1.91. The molecular weight excluding hydrogens is 174 g/mol. The summed E-state index contributed by atoms with van der Waals surface area (Å²) in [5.41, 5.74) is 0.916. The highest BCUT2D eigenvalue weighted by Crippen LogP contribution is 2.30. The maximum atomic E-state index is 11.8. The molecular formula is C12H15NO. The number of fused-ring (bicyclic) bond motifs is 2. The van der Waals surface area contributed by atoms with Gasteiger partial charge in [-0.1, -0.05) is 31.4 Å². The van der Waals surface area contributed by atoms with E-state index < -0.39 is 0 Å². The normalized spacial score (nSPS) is 29.4. The minimum Gasteiger partial charge on any atom is -0.331 e. The van der Waals surface area contributed by atoms with Gasteiger partial charge in [-0.3, -0.25) is 4.79 Å². The van der Waals surface area contributed by atoms with Crippen LogP contribution in [0.5, 0.6) is 0 Å². The van der Waals surface area contributed by atoms with Crippen molar-refractivity contribution in [3.63, 3.8) is 0 Å². The fourth-order valence-corrected chi connectivity index (χ4v) is 2.13. The van der Waals surface area contributed by atoms with E-state index >= 15 is 0 Å². The van der Waals surface area contributed by atoms with Crippen LogP contribution in [-0.2, 0) is 4.79 Å². The fraction of sp³-hybridized carbons (Fsp3) is 0.417. The molecule has 2 bridgehead atoms. The molecule has 0 aromatic heterocycles. The molecule has 74 valence electrons. The third-order valence-electron chi connectivity index (χ3n) is 3.00. The van der Waals surface area contributed by atoms with E-state index in [0.717, 1.165) is 18.4 Å². The molecule has 2 atom stereocenters. The zero-order chi connectivity index (χ0) is 10.1. The number of rotatable bonds is 3. The van der Waals surface area contributed by atoms with Gasteiger partial charge in [0.15, 0.2) is 0 Å². The zero-order valence-electron chi connectivity index (χ0n) is 8.28. The highest BCUT2D eigenvalue weighted by atomic mass is 16.2. The third-order valence-corrected chi connectivity index (χ3v) is 3.00. The molecule has 0 radical (unpaired) electrons. The Kier molecular flexibility index (Phi) is 2.28. The van der Waals surface area contributed by atoms with Crippen molar-refractivity contribution in [1.29, 1.82) is 0 Å². The molecule has 2 aliphatic heterocycles. The van der Waals surface area contributed by atoms with Gasteiger partial charge in [0.2, 0.25) is 5.91 Å². The number of hydrogen-bond donors (Lipinski definition) is 0. The summed E-state index contributed by atoms with van der Waals surface area (Å²) in [4.78, 5) is 13.8. The fourth-order valence-electron chi connectivity index (χ4n) is 2.13. The van der Waals surface area contributed by atoms with Crippen LogP contribution in [0, 0.1) is 5.92 Å². The lowest BCUT2D eigenvalue weighted by Crippen LogP contribution is -2.50. The first-order chi connectivity index (χ1) is 6.72. The lowest BCUT2D eigenvalue weighted by atomic mass is 9.85.